The Morgan fingerprint density at radius 2 is 1.67 bits per heavy atom. The van der Waals surface area contributed by atoms with Gasteiger partial charge in [-0.25, -0.2) is 0 Å². The molecule has 0 unspecified atom stereocenters. The van der Waals surface area contributed by atoms with Gasteiger partial charge in [-0.1, -0.05) is 6.07 Å². The molecule has 0 aliphatic heterocycles. The number of ether oxygens (including phenoxy) is 4. The van der Waals surface area contributed by atoms with Crippen molar-refractivity contribution in [2.45, 2.75) is 26.4 Å². The number of rotatable bonds is 11. The first-order chi connectivity index (χ1) is 10.2. The number of benzene rings is 1. The maximum Gasteiger partial charge on any atom is 0.203 e. The van der Waals surface area contributed by atoms with E-state index in [0.29, 0.717) is 30.0 Å². The fourth-order valence-corrected chi connectivity index (χ4v) is 1.83. The van der Waals surface area contributed by atoms with Gasteiger partial charge < -0.3 is 24.3 Å². The molecule has 1 aromatic carbocycles. The third kappa shape index (κ3) is 6.69. The van der Waals surface area contributed by atoms with Gasteiger partial charge in [-0.2, -0.15) is 0 Å². The number of para-hydroxylation sites is 1. The minimum absolute atomic E-state index is 0.298. The van der Waals surface area contributed by atoms with Gasteiger partial charge in [-0.05, 0) is 38.9 Å². The van der Waals surface area contributed by atoms with E-state index in [0.717, 1.165) is 26.1 Å². The highest BCUT2D eigenvalue weighted by Gasteiger charge is 2.10. The van der Waals surface area contributed by atoms with Crippen LogP contribution in [0, 0.1) is 0 Å². The van der Waals surface area contributed by atoms with E-state index in [-0.39, 0.29) is 0 Å². The molecule has 0 fully saturated rings. The van der Waals surface area contributed by atoms with Crippen LogP contribution in [0.4, 0.5) is 0 Å². The minimum atomic E-state index is 0.298. The van der Waals surface area contributed by atoms with Crippen LogP contribution in [-0.4, -0.2) is 46.6 Å². The second kappa shape index (κ2) is 10.3. The van der Waals surface area contributed by atoms with Crippen LogP contribution in [0.15, 0.2) is 18.2 Å². The van der Waals surface area contributed by atoms with Crippen molar-refractivity contribution in [3.8, 4) is 17.2 Å². The SMILES string of the molecule is COc1cccc(OC)c1OCCNCCCOC(C)C. The molecule has 0 aliphatic carbocycles. The smallest absolute Gasteiger partial charge is 0.203 e. The van der Waals surface area contributed by atoms with Crippen LogP contribution >= 0.6 is 0 Å². The van der Waals surface area contributed by atoms with E-state index >= 15 is 0 Å². The van der Waals surface area contributed by atoms with Crippen LogP contribution in [0.3, 0.4) is 0 Å². The summed E-state index contributed by atoms with van der Waals surface area (Å²) in [4.78, 5) is 0. The highest BCUT2D eigenvalue weighted by Crippen LogP contribution is 2.36. The Kier molecular flexibility index (Phi) is 8.62. The van der Waals surface area contributed by atoms with Crippen LogP contribution < -0.4 is 19.5 Å². The van der Waals surface area contributed by atoms with Gasteiger partial charge in [0, 0.05) is 13.2 Å². The molecule has 0 atom stereocenters. The van der Waals surface area contributed by atoms with E-state index in [1.807, 2.05) is 32.0 Å². The van der Waals surface area contributed by atoms with Gasteiger partial charge >= 0.3 is 0 Å². The van der Waals surface area contributed by atoms with E-state index in [4.69, 9.17) is 18.9 Å². The van der Waals surface area contributed by atoms with Crippen molar-refractivity contribution in [3.05, 3.63) is 18.2 Å². The molecule has 0 amide bonds. The third-order valence-corrected chi connectivity index (χ3v) is 2.86. The largest absolute Gasteiger partial charge is 0.493 e. The quantitative estimate of drug-likeness (QED) is 0.636. The lowest BCUT2D eigenvalue weighted by molar-refractivity contribution is 0.0769. The summed E-state index contributed by atoms with van der Waals surface area (Å²) >= 11 is 0. The molecule has 0 saturated carbocycles. The molecule has 0 aromatic heterocycles. The van der Waals surface area contributed by atoms with E-state index in [1.54, 1.807) is 14.2 Å². The van der Waals surface area contributed by atoms with Crippen molar-refractivity contribution in [2.24, 2.45) is 0 Å². The van der Waals surface area contributed by atoms with Gasteiger partial charge in [0.15, 0.2) is 11.5 Å². The summed E-state index contributed by atoms with van der Waals surface area (Å²) in [6.07, 6.45) is 1.29. The molecule has 5 heteroatoms. The third-order valence-electron chi connectivity index (χ3n) is 2.86. The molecule has 1 rings (SSSR count). The number of nitrogens with one attached hydrogen (secondary N) is 1. The summed E-state index contributed by atoms with van der Waals surface area (Å²) in [6.45, 7) is 7.11. The Bertz CT molecular complexity index is 374. The first-order valence-electron chi connectivity index (χ1n) is 7.35. The van der Waals surface area contributed by atoms with Gasteiger partial charge in [0.2, 0.25) is 5.75 Å². The second-order valence-electron chi connectivity index (χ2n) is 4.86. The zero-order chi connectivity index (χ0) is 15.5. The van der Waals surface area contributed by atoms with Gasteiger partial charge in [-0.15, -0.1) is 0 Å². The molecule has 1 N–H and O–H groups in total. The van der Waals surface area contributed by atoms with E-state index in [2.05, 4.69) is 5.32 Å². The molecule has 0 saturated heterocycles. The molecule has 1 aromatic rings. The van der Waals surface area contributed by atoms with Crippen molar-refractivity contribution in [1.29, 1.82) is 0 Å². The van der Waals surface area contributed by atoms with Gasteiger partial charge in [0.1, 0.15) is 6.61 Å². The fraction of sp³-hybridized carbons (Fsp3) is 0.625. The Morgan fingerprint density at radius 3 is 2.24 bits per heavy atom. The van der Waals surface area contributed by atoms with Crippen LogP contribution in [0.1, 0.15) is 20.3 Å². The Labute approximate surface area is 127 Å². The average molecular weight is 297 g/mol. The summed E-state index contributed by atoms with van der Waals surface area (Å²) < 4.78 is 21.8. The lowest BCUT2D eigenvalue weighted by Crippen LogP contribution is -2.23. The van der Waals surface area contributed by atoms with Gasteiger partial charge in [0.05, 0.1) is 20.3 Å². The number of methoxy groups -OCH3 is 2. The van der Waals surface area contributed by atoms with Crippen molar-refractivity contribution in [1.82, 2.24) is 5.32 Å². The van der Waals surface area contributed by atoms with Gasteiger partial charge in [0.25, 0.3) is 0 Å². The van der Waals surface area contributed by atoms with Crippen molar-refractivity contribution in [2.75, 3.05) is 40.5 Å². The molecule has 0 aliphatic rings. The predicted molar refractivity (Wildman–Crippen MR) is 83.6 cm³/mol. The average Bonchev–Trinajstić information content (AvgIpc) is 2.49. The minimum Gasteiger partial charge on any atom is -0.493 e. The van der Waals surface area contributed by atoms with E-state index in [1.165, 1.54) is 0 Å². The standard InChI is InChI=1S/C16H27NO4/c1-13(2)20-11-6-9-17-10-12-21-16-14(18-3)7-5-8-15(16)19-4/h5,7-8,13,17H,6,9-12H2,1-4H3. The second-order valence-corrected chi connectivity index (χ2v) is 4.86. The fourth-order valence-electron chi connectivity index (χ4n) is 1.83. The Balaban J connectivity index is 2.23. The molecule has 21 heavy (non-hydrogen) atoms. The molecule has 0 bridgehead atoms. The molecule has 0 spiro atoms. The van der Waals surface area contributed by atoms with E-state index < -0.39 is 0 Å². The Morgan fingerprint density at radius 1 is 1.00 bits per heavy atom. The topological polar surface area (TPSA) is 49.0 Å². The summed E-state index contributed by atoms with van der Waals surface area (Å²) in [6, 6.07) is 5.58. The first kappa shape index (κ1) is 17.6. The van der Waals surface area contributed by atoms with Crippen molar-refractivity contribution >= 4 is 0 Å². The monoisotopic (exact) mass is 297 g/mol. The lowest BCUT2D eigenvalue weighted by atomic mass is 10.3. The normalized spacial score (nSPS) is 10.7. The van der Waals surface area contributed by atoms with Crippen LogP contribution in [0.2, 0.25) is 0 Å². The summed E-state index contributed by atoms with van der Waals surface area (Å²) in [7, 11) is 3.24. The molecule has 0 radical (unpaired) electrons. The van der Waals surface area contributed by atoms with Crippen molar-refractivity contribution < 1.29 is 18.9 Å². The summed E-state index contributed by atoms with van der Waals surface area (Å²) in [5.41, 5.74) is 0. The molecular formula is C16H27NO4. The maximum atomic E-state index is 5.75. The summed E-state index contributed by atoms with van der Waals surface area (Å²) in [5, 5.41) is 3.32. The van der Waals surface area contributed by atoms with Crippen LogP contribution in [0.5, 0.6) is 17.2 Å². The molecular weight excluding hydrogens is 270 g/mol. The van der Waals surface area contributed by atoms with E-state index in [9.17, 15) is 0 Å². The zero-order valence-corrected chi connectivity index (χ0v) is 13.5. The first-order valence-corrected chi connectivity index (χ1v) is 7.35. The maximum absolute atomic E-state index is 5.75. The number of hydrogen-bond donors (Lipinski definition) is 1. The lowest BCUT2D eigenvalue weighted by Gasteiger charge is -2.14. The zero-order valence-electron chi connectivity index (χ0n) is 13.5. The highest BCUT2D eigenvalue weighted by atomic mass is 16.5. The molecule has 120 valence electrons. The van der Waals surface area contributed by atoms with Crippen LogP contribution in [-0.2, 0) is 4.74 Å². The van der Waals surface area contributed by atoms with Gasteiger partial charge in [-0.3, -0.25) is 0 Å². The Hall–Kier alpha value is -1.46. The predicted octanol–water partition coefficient (Wildman–Crippen LogP) is 2.49. The number of hydrogen-bond acceptors (Lipinski definition) is 5. The molecule has 0 heterocycles. The highest BCUT2D eigenvalue weighted by molar-refractivity contribution is 5.51. The van der Waals surface area contributed by atoms with Crippen molar-refractivity contribution in [3.63, 3.8) is 0 Å². The molecule has 5 nitrogen and oxygen atoms in total. The van der Waals surface area contributed by atoms with Crippen LogP contribution in [0.25, 0.3) is 0 Å². The summed E-state index contributed by atoms with van der Waals surface area (Å²) in [5.74, 6) is 2.01.